The van der Waals surface area contributed by atoms with Gasteiger partial charge in [0.2, 0.25) is 0 Å². The Morgan fingerprint density at radius 1 is 1.10 bits per heavy atom. The van der Waals surface area contributed by atoms with E-state index in [9.17, 15) is 17.6 Å². The van der Waals surface area contributed by atoms with Crippen molar-refractivity contribution in [1.82, 2.24) is 0 Å². The molecule has 0 heterocycles. The number of halogens is 5. The summed E-state index contributed by atoms with van der Waals surface area (Å²) >= 11 is 5.60. The zero-order valence-corrected chi connectivity index (χ0v) is 11.1. The lowest BCUT2D eigenvalue weighted by Crippen LogP contribution is -2.08. The van der Waals surface area contributed by atoms with Gasteiger partial charge in [-0.2, -0.15) is 18.4 Å². The second-order valence-electron chi connectivity index (χ2n) is 4.12. The summed E-state index contributed by atoms with van der Waals surface area (Å²) in [5.41, 5.74) is -1.36. The molecule has 0 aliphatic rings. The molecule has 2 aromatic carbocycles. The average molecular weight is 315 g/mol. The van der Waals surface area contributed by atoms with E-state index >= 15 is 0 Å². The molecule has 108 valence electrons. The van der Waals surface area contributed by atoms with Crippen molar-refractivity contribution in [2.24, 2.45) is 0 Å². The molecule has 7 heteroatoms. The van der Waals surface area contributed by atoms with Crippen LogP contribution in [-0.2, 0) is 6.18 Å². The van der Waals surface area contributed by atoms with Gasteiger partial charge in [0.15, 0.2) is 0 Å². The van der Waals surface area contributed by atoms with Crippen LogP contribution >= 0.6 is 11.6 Å². The van der Waals surface area contributed by atoms with Crippen LogP contribution in [0.2, 0.25) is 5.02 Å². The Kier molecular flexibility index (Phi) is 4.05. The van der Waals surface area contributed by atoms with Gasteiger partial charge in [-0.25, -0.2) is 4.39 Å². The van der Waals surface area contributed by atoms with E-state index in [0.717, 1.165) is 24.3 Å². The highest BCUT2D eigenvalue weighted by atomic mass is 35.5. The molecule has 0 amide bonds. The summed E-state index contributed by atoms with van der Waals surface area (Å²) in [5.74, 6) is -0.652. The SMILES string of the molecule is N#Cc1cc(Nc2ccc(Cl)cc2F)ccc1C(F)(F)F. The molecule has 0 radical (unpaired) electrons. The van der Waals surface area contributed by atoms with Crippen molar-refractivity contribution in [1.29, 1.82) is 5.26 Å². The number of alkyl halides is 3. The minimum Gasteiger partial charge on any atom is -0.353 e. The normalized spacial score (nSPS) is 11.0. The van der Waals surface area contributed by atoms with Crippen LogP contribution in [0.3, 0.4) is 0 Å². The fraction of sp³-hybridized carbons (Fsp3) is 0.0714. The monoisotopic (exact) mass is 314 g/mol. The molecule has 0 aromatic heterocycles. The average Bonchev–Trinajstić information content (AvgIpc) is 2.40. The van der Waals surface area contributed by atoms with Crippen LogP contribution in [0.25, 0.3) is 0 Å². The fourth-order valence-electron chi connectivity index (χ4n) is 1.71. The van der Waals surface area contributed by atoms with Crippen molar-refractivity contribution in [2.45, 2.75) is 6.18 Å². The van der Waals surface area contributed by atoms with E-state index in [1.165, 1.54) is 18.2 Å². The van der Waals surface area contributed by atoms with Gasteiger partial charge in [0, 0.05) is 10.7 Å². The fourth-order valence-corrected chi connectivity index (χ4v) is 1.87. The van der Waals surface area contributed by atoms with Gasteiger partial charge in [0.05, 0.1) is 22.9 Å². The van der Waals surface area contributed by atoms with Crippen LogP contribution in [-0.4, -0.2) is 0 Å². The smallest absolute Gasteiger partial charge is 0.353 e. The molecule has 0 spiro atoms. The maximum Gasteiger partial charge on any atom is 0.417 e. The van der Waals surface area contributed by atoms with E-state index in [1.807, 2.05) is 0 Å². The third-order valence-electron chi connectivity index (χ3n) is 2.66. The van der Waals surface area contributed by atoms with E-state index < -0.39 is 23.1 Å². The predicted octanol–water partition coefficient (Wildman–Crippen LogP) is 5.11. The third kappa shape index (κ3) is 3.44. The summed E-state index contributed by atoms with van der Waals surface area (Å²) in [6, 6.07) is 8.23. The Bertz CT molecular complexity index is 720. The highest BCUT2D eigenvalue weighted by Crippen LogP contribution is 2.33. The lowest BCUT2D eigenvalue weighted by atomic mass is 10.1. The highest BCUT2D eigenvalue weighted by Gasteiger charge is 2.33. The van der Waals surface area contributed by atoms with E-state index in [2.05, 4.69) is 5.32 Å². The molecule has 0 saturated carbocycles. The molecule has 0 atom stereocenters. The topological polar surface area (TPSA) is 35.8 Å². The van der Waals surface area contributed by atoms with Gasteiger partial charge in [-0.3, -0.25) is 0 Å². The molecule has 2 aromatic rings. The first-order valence-electron chi connectivity index (χ1n) is 5.64. The van der Waals surface area contributed by atoms with Crippen molar-refractivity contribution in [2.75, 3.05) is 5.32 Å². The summed E-state index contributed by atoms with van der Waals surface area (Å²) < 4.78 is 51.6. The molecule has 2 rings (SSSR count). The molecule has 0 bridgehead atoms. The maximum absolute atomic E-state index is 13.6. The third-order valence-corrected chi connectivity index (χ3v) is 2.89. The highest BCUT2D eigenvalue weighted by molar-refractivity contribution is 6.30. The number of rotatable bonds is 2. The largest absolute Gasteiger partial charge is 0.417 e. The minimum absolute atomic E-state index is 0.0445. The molecule has 0 unspecified atom stereocenters. The summed E-state index contributed by atoms with van der Waals surface area (Å²) in [5, 5.41) is 11.6. The first kappa shape index (κ1) is 15.1. The molecule has 0 saturated heterocycles. The van der Waals surface area contributed by atoms with E-state index in [0.29, 0.717) is 0 Å². The standard InChI is InChI=1S/C14H7ClF4N2/c15-9-1-4-13(12(16)6-9)21-10-2-3-11(14(17,18)19)8(5-10)7-20/h1-6,21H. The van der Waals surface area contributed by atoms with Crippen LogP contribution in [0.5, 0.6) is 0 Å². The van der Waals surface area contributed by atoms with Crippen LogP contribution in [0, 0.1) is 17.1 Å². The molecular weight excluding hydrogens is 308 g/mol. The minimum atomic E-state index is -4.62. The first-order chi connectivity index (χ1) is 9.81. The molecule has 0 aliphatic carbocycles. The van der Waals surface area contributed by atoms with Crippen molar-refractivity contribution in [3.05, 3.63) is 58.4 Å². The van der Waals surface area contributed by atoms with E-state index in [1.54, 1.807) is 0 Å². The Morgan fingerprint density at radius 2 is 1.81 bits per heavy atom. The van der Waals surface area contributed by atoms with Gasteiger partial charge < -0.3 is 5.32 Å². The Labute approximate surface area is 122 Å². The first-order valence-corrected chi connectivity index (χ1v) is 6.02. The number of anilines is 2. The van der Waals surface area contributed by atoms with Gasteiger partial charge in [-0.05, 0) is 36.4 Å². The van der Waals surface area contributed by atoms with Gasteiger partial charge in [-0.15, -0.1) is 0 Å². The second-order valence-corrected chi connectivity index (χ2v) is 4.56. The zero-order valence-electron chi connectivity index (χ0n) is 10.3. The van der Waals surface area contributed by atoms with Crippen molar-refractivity contribution < 1.29 is 17.6 Å². The van der Waals surface area contributed by atoms with Gasteiger partial charge >= 0.3 is 6.18 Å². The van der Waals surface area contributed by atoms with E-state index in [4.69, 9.17) is 16.9 Å². The van der Waals surface area contributed by atoms with Crippen LogP contribution in [0.15, 0.2) is 36.4 Å². The quantitative estimate of drug-likeness (QED) is 0.782. The Hall–Kier alpha value is -2.26. The number of hydrogen-bond acceptors (Lipinski definition) is 2. The summed E-state index contributed by atoms with van der Waals surface area (Å²) in [6.45, 7) is 0. The van der Waals surface area contributed by atoms with Crippen LogP contribution < -0.4 is 5.32 Å². The Morgan fingerprint density at radius 3 is 2.38 bits per heavy atom. The number of nitrogens with zero attached hydrogens (tertiary/aromatic N) is 1. The predicted molar refractivity (Wildman–Crippen MR) is 70.9 cm³/mol. The van der Waals surface area contributed by atoms with Crippen molar-refractivity contribution in [3.8, 4) is 6.07 Å². The van der Waals surface area contributed by atoms with Gasteiger partial charge in [-0.1, -0.05) is 11.6 Å². The molecule has 1 N–H and O–H groups in total. The number of nitriles is 1. The van der Waals surface area contributed by atoms with Gasteiger partial charge in [0.25, 0.3) is 0 Å². The lowest BCUT2D eigenvalue weighted by molar-refractivity contribution is -0.137. The number of benzene rings is 2. The second kappa shape index (κ2) is 5.62. The lowest BCUT2D eigenvalue weighted by Gasteiger charge is -2.12. The number of nitrogens with one attached hydrogen (secondary N) is 1. The molecule has 0 fully saturated rings. The van der Waals surface area contributed by atoms with Gasteiger partial charge in [0.1, 0.15) is 5.82 Å². The van der Waals surface area contributed by atoms with Crippen molar-refractivity contribution in [3.63, 3.8) is 0 Å². The van der Waals surface area contributed by atoms with Crippen LogP contribution in [0.4, 0.5) is 28.9 Å². The summed E-state index contributed by atoms with van der Waals surface area (Å²) in [6.07, 6.45) is -4.62. The molecule has 0 aliphatic heterocycles. The maximum atomic E-state index is 13.6. The summed E-state index contributed by atoms with van der Waals surface area (Å²) in [4.78, 5) is 0. The van der Waals surface area contributed by atoms with Crippen LogP contribution in [0.1, 0.15) is 11.1 Å². The zero-order chi connectivity index (χ0) is 15.6. The summed E-state index contributed by atoms with van der Waals surface area (Å²) in [7, 11) is 0. The van der Waals surface area contributed by atoms with E-state index in [-0.39, 0.29) is 16.4 Å². The number of hydrogen-bond donors (Lipinski definition) is 1. The molecule has 21 heavy (non-hydrogen) atoms. The molecule has 2 nitrogen and oxygen atoms in total. The Balaban J connectivity index is 2.36. The van der Waals surface area contributed by atoms with Crippen molar-refractivity contribution >= 4 is 23.0 Å². The molecular formula is C14H7ClF4N2.